The number of benzene rings is 1. The van der Waals surface area contributed by atoms with Crippen LogP contribution in [0.1, 0.15) is 0 Å². The van der Waals surface area contributed by atoms with Gasteiger partial charge in [-0.05, 0) is 24.3 Å². The molecule has 18 heavy (non-hydrogen) atoms. The van der Waals surface area contributed by atoms with Crippen molar-refractivity contribution in [1.29, 1.82) is 0 Å². The van der Waals surface area contributed by atoms with Gasteiger partial charge >= 0.3 is 0 Å². The third-order valence-electron chi connectivity index (χ3n) is 1.53. The molecular formula is C12H18N4O2. The Labute approximate surface area is 106 Å². The maximum atomic E-state index is 8.67. The van der Waals surface area contributed by atoms with Crippen molar-refractivity contribution in [2.24, 2.45) is 11.5 Å². The second-order valence-electron chi connectivity index (χ2n) is 2.98. The molecule has 1 heterocycles. The van der Waals surface area contributed by atoms with E-state index >= 15 is 0 Å². The largest absolute Gasteiger partial charge is 0.504 e. The van der Waals surface area contributed by atoms with E-state index in [1.807, 2.05) is 12.1 Å². The van der Waals surface area contributed by atoms with E-state index < -0.39 is 0 Å². The molecule has 1 aromatic carbocycles. The zero-order valence-electron chi connectivity index (χ0n) is 9.98. The van der Waals surface area contributed by atoms with Crippen molar-refractivity contribution in [3.63, 3.8) is 0 Å². The van der Waals surface area contributed by atoms with Gasteiger partial charge in [-0.2, -0.15) is 10.2 Å². The molecule has 0 aliphatic carbocycles. The predicted octanol–water partition coefficient (Wildman–Crippen LogP) is 0.478. The minimum Gasteiger partial charge on any atom is -0.504 e. The lowest BCUT2D eigenvalue weighted by Gasteiger charge is -1.91. The Balaban J connectivity index is 0.000000257. The maximum Gasteiger partial charge on any atom is 0.157 e. The fraction of sp³-hybridized carbons (Fsp3) is 0.167. The van der Waals surface area contributed by atoms with Crippen LogP contribution >= 0.6 is 0 Å². The van der Waals surface area contributed by atoms with E-state index in [-0.39, 0.29) is 11.5 Å². The lowest BCUT2D eigenvalue weighted by molar-refractivity contribution is 0.404. The second-order valence-corrected chi connectivity index (χ2v) is 2.98. The third kappa shape index (κ3) is 9.08. The van der Waals surface area contributed by atoms with Gasteiger partial charge in [0.2, 0.25) is 0 Å². The van der Waals surface area contributed by atoms with Crippen LogP contribution in [0.5, 0.6) is 11.5 Å². The summed E-state index contributed by atoms with van der Waals surface area (Å²) in [6, 6.07) is 9.80. The molecule has 6 N–H and O–H groups in total. The Bertz CT molecular complexity index is 349. The van der Waals surface area contributed by atoms with Crippen LogP contribution in [0.3, 0.4) is 0 Å². The smallest absolute Gasteiger partial charge is 0.157 e. The minimum absolute atomic E-state index is 0.0764. The molecule has 6 nitrogen and oxygen atoms in total. The van der Waals surface area contributed by atoms with Gasteiger partial charge in [-0.25, -0.2) is 0 Å². The van der Waals surface area contributed by atoms with Crippen LogP contribution in [-0.2, 0) is 0 Å². The second kappa shape index (κ2) is 11.3. The van der Waals surface area contributed by atoms with Crippen LogP contribution in [0, 0.1) is 0 Å². The average Bonchev–Trinajstić information content (AvgIpc) is 2.45. The van der Waals surface area contributed by atoms with E-state index in [1.54, 1.807) is 24.5 Å². The van der Waals surface area contributed by atoms with E-state index in [0.717, 1.165) is 0 Å². The molecule has 2 rings (SSSR count). The summed E-state index contributed by atoms with van der Waals surface area (Å²) in [6.45, 7) is 1.19. The van der Waals surface area contributed by atoms with E-state index in [1.165, 1.54) is 12.1 Å². The van der Waals surface area contributed by atoms with Crippen molar-refractivity contribution in [1.82, 2.24) is 10.2 Å². The molecule has 0 bridgehead atoms. The fourth-order valence-corrected chi connectivity index (χ4v) is 0.718. The molecule has 0 aliphatic rings. The number of hydrogen-bond acceptors (Lipinski definition) is 6. The van der Waals surface area contributed by atoms with Gasteiger partial charge in [-0.3, -0.25) is 0 Å². The monoisotopic (exact) mass is 250 g/mol. The van der Waals surface area contributed by atoms with Crippen LogP contribution in [0.2, 0.25) is 0 Å². The first kappa shape index (κ1) is 15.8. The summed E-state index contributed by atoms with van der Waals surface area (Å²) in [7, 11) is 0. The van der Waals surface area contributed by atoms with Crippen molar-refractivity contribution in [2.75, 3.05) is 13.1 Å². The zero-order chi connectivity index (χ0) is 13.6. The molecule has 98 valence electrons. The van der Waals surface area contributed by atoms with Gasteiger partial charge in [-0.1, -0.05) is 12.1 Å². The first-order valence-electron chi connectivity index (χ1n) is 5.31. The number of rotatable bonds is 1. The molecule has 6 heteroatoms. The Morgan fingerprint density at radius 2 is 1.17 bits per heavy atom. The van der Waals surface area contributed by atoms with Crippen LogP contribution in [0.15, 0.2) is 48.8 Å². The number of phenolic OH excluding ortho intramolecular Hbond substituents is 2. The SMILES string of the molecule is NCCN.Oc1ccccc1O.c1ccnnc1. The summed E-state index contributed by atoms with van der Waals surface area (Å²) in [5, 5.41) is 24.4. The highest BCUT2D eigenvalue weighted by atomic mass is 16.3. The molecule has 0 spiro atoms. The van der Waals surface area contributed by atoms with Crippen molar-refractivity contribution >= 4 is 0 Å². The van der Waals surface area contributed by atoms with E-state index in [0.29, 0.717) is 13.1 Å². The summed E-state index contributed by atoms with van der Waals surface area (Å²) >= 11 is 0. The topological polar surface area (TPSA) is 118 Å². The fourth-order valence-electron chi connectivity index (χ4n) is 0.718. The summed E-state index contributed by atoms with van der Waals surface area (Å²) in [5.41, 5.74) is 9.81. The van der Waals surface area contributed by atoms with Gasteiger partial charge in [-0.15, -0.1) is 0 Å². The van der Waals surface area contributed by atoms with Crippen molar-refractivity contribution in [3.8, 4) is 11.5 Å². The molecular weight excluding hydrogens is 232 g/mol. The molecule has 1 aromatic heterocycles. The van der Waals surface area contributed by atoms with Gasteiger partial charge in [0, 0.05) is 25.5 Å². The average molecular weight is 250 g/mol. The Kier molecular flexibility index (Phi) is 9.94. The van der Waals surface area contributed by atoms with Crippen LogP contribution < -0.4 is 11.5 Å². The summed E-state index contributed by atoms with van der Waals surface area (Å²) in [4.78, 5) is 0. The molecule has 0 amide bonds. The molecule has 0 unspecified atom stereocenters. The van der Waals surface area contributed by atoms with Gasteiger partial charge < -0.3 is 21.7 Å². The summed E-state index contributed by atoms with van der Waals surface area (Å²) in [5.74, 6) is -0.153. The number of nitrogens with zero attached hydrogens (tertiary/aromatic N) is 2. The lowest BCUT2D eigenvalue weighted by atomic mass is 10.3. The third-order valence-corrected chi connectivity index (χ3v) is 1.53. The number of aromatic hydroxyl groups is 2. The van der Waals surface area contributed by atoms with Gasteiger partial charge in [0.15, 0.2) is 11.5 Å². The van der Waals surface area contributed by atoms with Gasteiger partial charge in [0.05, 0.1) is 0 Å². The molecule has 0 radical (unpaired) electrons. The zero-order valence-corrected chi connectivity index (χ0v) is 9.98. The molecule has 0 aliphatic heterocycles. The number of nitrogens with two attached hydrogens (primary N) is 2. The summed E-state index contributed by atoms with van der Waals surface area (Å²) in [6.07, 6.45) is 3.28. The van der Waals surface area contributed by atoms with Crippen molar-refractivity contribution < 1.29 is 10.2 Å². The Hall–Kier alpha value is -2.18. The predicted molar refractivity (Wildman–Crippen MR) is 69.9 cm³/mol. The summed E-state index contributed by atoms with van der Waals surface area (Å²) < 4.78 is 0. The number of phenols is 2. The van der Waals surface area contributed by atoms with E-state index in [9.17, 15) is 0 Å². The highest BCUT2D eigenvalue weighted by Crippen LogP contribution is 2.21. The standard InChI is InChI=1S/C6H6O2.C4H4N2.C2H8N2/c7-5-3-1-2-4-6(5)8;1-2-4-6-5-3-1;3-1-2-4/h1-4,7-8H;1-4H;1-4H2. The normalized spacial score (nSPS) is 8.33. The van der Waals surface area contributed by atoms with Crippen LogP contribution in [0.25, 0.3) is 0 Å². The molecule has 0 fully saturated rings. The highest BCUT2D eigenvalue weighted by molar-refractivity contribution is 5.36. The van der Waals surface area contributed by atoms with E-state index in [4.69, 9.17) is 21.7 Å². The van der Waals surface area contributed by atoms with Crippen molar-refractivity contribution in [3.05, 3.63) is 48.8 Å². The van der Waals surface area contributed by atoms with E-state index in [2.05, 4.69) is 10.2 Å². The van der Waals surface area contributed by atoms with Gasteiger partial charge in [0.1, 0.15) is 0 Å². The number of para-hydroxylation sites is 2. The highest BCUT2D eigenvalue weighted by Gasteiger charge is 1.90. The van der Waals surface area contributed by atoms with Crippen LogP contribution in [0.4, 0.5) is 0 Å². The first-order chi connectivity index (χ1) is 8.72. The lowest BCUT2D eigenvalue weighted by Crippen LogP contribution is -2.11. The first-order valence-corrected chi connectivity index (χ1v) is 5.31. The maximum absolute atomic E-state index is 8.67. The molecule has 2 aromatic rings. The van der Waals surface area contributed by atoms with Gasteiger partial charge in [0.25, 0.3) is 0 Å². The van der Waals surface area contributed by atoms with Crippen molar-refractivity contribution in [2.45, 2.75) is 0 Å². The number of aromatic nitrogens is 2. The quantitative estimate of drug-likeness (QED) is 0.547. The number of hydrogen-bond donors (Lipinski definition) is 4. The molecule has 0 saturated carbocycles. The minimum atomic E-state index is -0.0764. The molecule has 0 atom stereocenters. The Morgan fingerprint density at radius 3 is 1.33 bits per heavy atom. The Morgan fingerprint density at radius 1 is 0.778 bits per heavy atom. The van der Waals surface area contributed by atoms with Crippen LogP contribution in [-0.4, -0.2) is 33.5 Å². The molecule has 0 saturated heterocycles.